The standard InChI is InChI=1S/C20H26F2N4O.HI/c1-23-20(24-13-16-11-7-8-12-18(16)27-19(21)22)25-14-17(26(2)3)15-9-5-4-6-10-15;/h4-12,17,19H,13-14H2,1-3H3,(H2,23,24,25);1H. The molecule has 0 spiro atoms. The van der Waals surface area contributed by atoms with E-state index in [0.29, 0.717) is 24.6 Å². The van der Waals surface area contributed by atoms with Crippen LogP contribution in [0.25, 0.3) is 0 Å². The van der Waals surface area contributed by atoms with Gasteiger partial charge < -0.3 is 20.3 Å². The van der Waals surface area contributed by atoms with E-state index in [0.717, 1.165) is 0 Å². The van der Waals surface area contributed by atoms with E-state index in [1.54, 1.807) is 25.2 Å². The van der Waals surface area contributed by atoms with Crippen LogP contribution in [0.5, 0.6) is 5.75 Å². The summed E-state index contributed by atoms with van der Waals surface area (Å²) >= 11 is 0. The van der Waals surface area contributed by atoms with Crippen LogP contribution in [-0.2, 0) is 6.54 Å². The summed E-state index contributed by atoms with van der Waals surface area (Å²) < 4.78 is 29.6. The SMILES string of the molecule is CN=C(NCc1ccccc1OC(F)F)NCC(c1ccccc1)N(C)C.I. The molecule has 0 aliphatic rings. The molecule has 5 nitrogen and oxygen atoms in total. The first-order chi connectivity index (χ1) is 13.0. The molecule has 28 heavy (non-hydrogen) atoms. The van der Waals surface area contributed by atoms with Crippen molar-refractivity contribution in [1.82, 2.24) is 15.5 Å². The van der Waals surface area contributed by atoms with E-state index in [2.05, 4.69) is 37.4 Å². The first-order valence-corrected chi connectivity index (χ1v) is 8.70. The number of para-hydroxylation sites is 1. The Kier molecular flexibility index (Phi) is 10.8. The van der Waals surface area contributed by atoms with Crippen molar-refractivity contribution in [3.63, 3.8) is 0 Å². The second kappa shape index (κ2) is 12.5. The van der Waals surface area contributed by atoms with Gasteiger partial charge in [0, 0.05) is 25.7 Å². The van der Waals surface area contributed by atoms with Crippen LogP contribution >= 0.6 is 24.0 Å². The van der Waals surface area contributed by atoms with Gasteiger partial charge in [0.1, 0.15) is 5.75 Å². The van der Waals surface area contributed by atoms with Crippen molar-refractivity contribution in [3.05, 3.63) is 65.7 Å². The number of likely N-dealkylation sites (N-methyl/N-ethyl adjacent to an activating group) is 1. The number of nitrogens with one attached hydrogen (secondary N) is 2. The lowest BCUT2D eigenvalue weighted by atomic mass is 10.1. The van der Waals surface area contributed by atoms with Crippen molar-refractivity contribution < 1.29 is 13.5 Å². The number of benzene rings is 2. The minimum absolute atomic E-state index is 0. The molecule has 0 amide bonds. The highest BCUT2D eigenvalue weighted by atomic mass is 127. The average molecular weight is 504 g/mol. The first kappa shape index (κ1) is 24.1. The van der Waals surface area contributed by atoms with E-state index in [1.165, 1.54) is 11.6 Å². The van der Waals surface area contributed by atoms with Crippen LogP contribution in [0.15, 0.2) is 59.6 Å². The third kappa shape index (κ3) is 7.59. The normalized spacial score (nSPS) is 12.5. The molecule has 2 aromatic carbocycles. The van der Waals surface area contributed by atoms with Crippen molar-refractivity contribution in [2.75, 3.05) is 27.7 Å². The van der Waals surface area contributed by atoms with E-state index in [1.807, 2.05) is 32.3 Å². The Labute approximate surface area is 182 Å². The van der Waals surface area contributed by atoms with Gasteiger partial charge in [-0.2, -0.15) is 8.78 Å². The Morgan fingerprint density at radius 3 is 2.29 bits per heavy atom. The van der Waals surface area contributed by atoms with Crippen molar-refractivity contribution in [1.29, 1.82) is 0 Å². The quantitative estimate of drug-likeness (QED) is 0.326. The summed E-state index contributed by atoms with van der Waals surface area (Å²) in [7, 11) is 5.71. The molecule has 0 saturated carbocycles. The van der Waals surface area contributed by atoms with Gasteiger partial charge in [-0.05, 0) is 25.7 Å². The fourth-order valence-electron chi connectivity index (χ4n) is 2.73. The number of ether oxygens (including phenoxy) is 1. The third-order valence-electron chi connectivity index (χ3n) is 4.13. The Bertz CT molecular complexity index is 729. The van der Waals surface area contributed by atoms with Gasteiger partial charge in [0.2, 0.25) is 0 Å². The molecule has 1 unspecified atom stereocenters. The molecule has 2 aromatic rings. The van der Waals surface area contributed by atoms with Crippen LogP contribution in [0.2, 0.25) is 0 Å². The van der Waals surface area contributed by atoms with Gasteiger partial charge in [-0.1, -0.05) is 48.5 Å². The maximum atomic E-state index is 12.5. The third-order valence-corrected chi connectivity index (χ3v) is 4.13. The molecule has 0 bridgehead atoms. The molecular weight excluding hydrogens is 477 g/mol. The summed E-state index contributed by atoms with van der Waals surface area (Å²) in [5.74, 6) is 0.746. The Morgan fingerprint density at radius 2 is 1.68 bits per heavy atom. The number of hydrogen-bond acceptors (Lipinski definition) is 3. The highest BCUT2D eigenvalue weighted by Crippen LogP contribution is 2.20. The summed E-state index contributed by atoms with van der Waals surface area (Å²) in [4.78, 5) is 6.33. The zero-order valence-electron chi connectivity index (χ0n) is 16.2. The Morgan fingerprint density at radius 1 is 1.04 bits per heavy atom. The van der Waals surface area contributed by atoms with Crippen LogP contribution in [0.3, 0.4) is 0 Å². The van der Waals surface area contributed by atoms with Gasteiger partial charge in [0.25, 0.3) is 0 Å². The smallest absolute Gasteiger partial charge is 0.387 e. The van der Waals surface area contributed by atoms with Crippen LogP contribution in [0, 0.1) is 0 Å². The molecule has 0 saturated heterocycles. The second-order valence-electron chi connectivity index (χ2n) is 6.18. The van der Waals surface area contributed by atoms with E-state index >= 15 is 0 Å². The average Bonchev–Trinajstić information content (AvgIpc) is 2.65. The minimum atomic E-state index is -2.85. The molecule has 2 N–H and O–H groups in total. The Hall–Kier alpha value is -1.94. The van der Waals surface area contributed by atoms with Crippen LogP contribution in [0.1, 0.15) is 17.2 Å². The number of nitrogens with zero attached hydrogens (tertiary/aromatic N) is 2. The van der Waals surface area contributed by atoms with Gasteiger partial charge in [-0.25, -0.2) is 0 Å². The monoisotopic (exact) mass is 504 g/mol. The van der Waals surface area contributed by atoms with E-state index in [4.69, 9.17) is 0 Å². The molecule has 0 aliphatic carbocycles. The lowest BCUT2D eigenvalue weighted by Crippen LogP contribution is -2.41. The van der Waals surface area contributed by atoms with Crippen molar-refractivity contribution in [2.45, 2.75) is 19.2 Å². The molecule has 0 aliphatic heterocycles. The predicted octanol–water partition coefficient (Wildman–Crippen LogP) is 3.87. The van der Waals surface area contributed by atoms with Gasteiger partial charge in [-0.3, -0.25) is 4.99 Å². The summed E-state index contributed by atoms with van der Waals surface area (Å²) in [5.41, 5.74) is 1.83. The van der Waals surface area contributed by atoms with Crippen molar-refractivity contribution in [3.8, 4) is 5.75 Å². The number of hydrogen-bond donors (Lipinski definition) is 2. The number of halogens is 3. The summed E-state index contributed by atoms with van der Waals surface area (Å²) in [5, 5.41) is 6.43. The molecule has 0 radical (unpaired) electrons. The number of alkyl halides is 2. The maximum absolute atomic E-state index is 12.5. The zero-order chi connectivity index (χ0) is 19.6. The summed E-state index contributed by atoms with van der Waals surface area (Å²) in [6.07, 6.45) is 0. The van der Waals surface area contributed by atoms with E-state index in [-0.39, 0.29) is 35.8 Å². The fraction of sp³-hybridized carbons (Fsp3) is 0.350. The fourth-order valence-corrected chi connectivity index (χ4v) is 2.73. The molecule has 0 heterocycles. The first-order valence-electron chi connectivity index (χ1n) is 8.70. The Balaban J connectivity index is 0.00000392. The predicted molar refractivity (Wildman–Crippen MR) is 120 cm³/mol. The molecule has 2 rings (SSSR count). The molecule has 0 fully saturated rings. The van der Waals surface area contributed by atoms with Gasteiger partial charge >= 0.3 is 6.61 Å². The van der Waals surface area contributed by atoms with Gasteiger partial charge in [-0.15, -0.1) is 24.0 Å². The molecule has 154 valence electrons. The summed E-state index contributed by atoms with van der Waals surface area (Å²) in [6, 6.07) is 17.1. The number of aliphatic imine (C=N–C) groups is 1. The molecule has 0 aromatic heterocycles. The molecular formula is C20H27F2IN4O. The number of rotatable bonds is 8. The largest absolute Gasteiger partial charge is 0.434 e. The van der Waals surface area contributed by atoms with Crippen LogP contribution in [0.4, 0.5) is 8.78 Å². The lowest BCUT2D eigenvalue weighted by Gasteiger charge is -2.26. The highest BCUT2D eigenvalue weighted by molar-refractivity contribution is 14.0. The van der Waals surface area contributed by atoms with Crippen molar-refractivity contribution >= 4 is 29.9 Å². The minimum Gasteiger partial charge on any atom is -0.434 e. The summed E-state index contributed by atoms with van der Waals surface area (Å²) in [6.45, 7) is -1.89. The number of guanidine groups is 1. The van der Waals surface area contributed by atoms with Crippen LogP contribution in [-0.4, -0.2) is 45.2 Å². The van der Waals surface area contributed by atoms with Gasteiger partial charge in [0.05, 0.1) is 6.04 Å². The zero-order valence-corrected chi connectivity index (χ0v) is 18.6. The van der Waals surface area contributed by atoms with Crippen LogP contribution < -0.4 is 15.4 Å². The molecule has 1 atom stereocenters. The van der Waals surface area contributed by atoms with Crippen molar-refractivity contribution in [2.24, 2.45) is 4.99 Å². The lowest BCUT2D eigenvalue weighted by molar-refractivity contribution is -0.0504. The second-order valence-corrected chi connectivity index (χ2v) is 6.18. The molecule has 8 heteroatoms. The van der Waals surface area contributed by atoms with E-state index in [9.17, 15) is 8.78 Å². The maximum Gasteiger partial charge on any atom is 0.387 e. The highest BCUT2D eigenvalue weighted by Gasteiger charge is 2.14. The van der Waals surface area contributed by atoms with E-state index < -0.39 is 6.61 Å². The van der Waals surface area contributed by atoms with Gasteiger partial charge in [0.15, 0.2) is 5.96 Å². The topological polar surface area (TPSA) is 48.9 Å².